The number of ether oxygens (including phenoxy) is 1. The molecule has 1 heterocycles. The number of benzene rings is 1. The number of amides is 2. The maximum Gasteiger partial charge on any atom is 0.257 e. The van der Waals surface area contributed by atoms with Crippen molar-refractivity contribution in [1.82, 2.24) is 10.1 Å². The van der Waals surface area contributed by atoms with Gasteiger partial charge in [-0.05, 0) is 25.1 Å². The van der Waals surface area contributed by atoms with Crippen LogP contribution < -0.4 is 10.1 Å². The summed E-state index contributed by atoms with van der Waals surface area (Å²) in [6.07, 6.45) is 0.0732. The van der Waals surface area contributed by atoms with Gasteiger partial charge in [-0.15, -0.1) is 0 Å². The van der Waals surface area contributed by atoms with Gasteiger partial charge >= 0.3 is 0 Å². The molecular weight excluding hydrogens is 298 g/mol. The second-order valence-corrected chi connectivity index (χ2v) is 5.27. The van der Waals surface area contributed by atoms with E-state index in [-0.39, 0.29) is 18.2 Å². The largest absolute Gasteiger partial charge is 0.496 e. The molecule has 0 unspecified atom stereocenters. The van der Waals surface area contributed by atoms with Gasteiger partial charge in [0.2, 0.25) is 5.91 Å². The second-order valence-electron chi connectivity index (χ2n) is 5.27. The fourth-order valence-corrected chi connectivity index (χ4v) is 2.06. The van der Waals surface area contributed by atoms with Gasteiger partial charge in [0.25, 0.3) is 5.91 Å². The molecule has 0 spiro atoms. The van der Waals surface area contributed by atoms with E-state index in [2.05, 4.69) is 10.5 Å². The topological polar surface area (TPSA) is 84.7 Å². The van der Waals surface area contributed by atoms with Crippen LogP contribution in [0.15, 0.2) is 28.8 Å². The fraction of sp³-hybridized carbons (Fsp3) is 0.312. The zero-order valence-corrected chi connectivity index (χ0v) is 13.5. The molecule has 0 saturated carbocycles. The molecule has 2 aromatic rings. The minimum Gasteiger partial charge on any atom is -0.496 e. The molecule has 2 rings (SSSR count). The molecule has 0 radical (unpaired) electrons. The maximum atomic E-state index is 12.2. The van der Waals surface area contributed by atoms with Gasteiger partial charge in [-0.1, -0.05) is 5.16 Å². The van der Waals surface area contributed by atoms with Crippen molar-refractivity contribution < 1.29 is 18.8 Å². The van der Waals surface area contributed by atoms with Gasteiger partial charge in [-0.25, -0.2) is 0 Å². The van der Waals surface area contributed by atoms with E-state index in [4.69, 9.17) is 9.26 Å². The lowest BCUT2D eigenvalue weighted by atomic mass is 10.1. The molecule has 2 amide bonds. The van der Waals surface area contributed by atoms with E-state index in [0.29, 0.717) is 22.8 Å². The smallest absolute Gasteiger partial charge is 0.257 e. The van der Waals surface area contributed by atoms with Gasteiger partial charge in [-0.3, -0.25) is 9.59 Å². The zero-order chi connectivity index (χ0) is 17.0. The molecule has 1 N–H and O–H groups in total. The van der Waals surface area contributed by atoms with Crippen LogP contribution in [0.2, 0.25) is 0 Å². The van der Waals surface area contributed by atoms with Gasteiger partial charge in [-0.2, -0.15) is 0 Å². The van der Waals surface area contributed by atoms with Crippen molar-refractivity contribution in [2.45, 2.75) is 13.3 Å². The third kappa shape index (κ3) is 4.09. The Hall–Kier alpha value is -2.83. The quantitative estimate of drug-likeness (QED) is 0.910. The first-order chi connectivity index (χ1) is 10.9. The van der Waals surface area contributed by atoms with Gasteiger partial charge in [0.1, 0.15) is 11.5 Å². The van der Waals surface area contributed by atoms with Crippen molar-refractivity contribution in [3.63, 3.8) is 0 Å². The summed E-state index contributed by atoms with van der Waals surface area (Å²) < 4.78 is 10.2. The van der Waals surface area contributed by atoms with Crippen LogP contribution >= 0.6 is 0 Å². The predicted molar refractivity (Wildman–Crippen MR) is 84.6 cm³/mol. The van der Waals surface area contributed by atoms with Crippen molar-refractivity contribution in [2.75, 3.05) is 26.5 Å². The molecule has 1 aromatic heterocycles. The Morgan fingerprint density at radius 3 is 2.61 bits per heavy atom. The lowest BCUT2D eigenvalue weighted by Crippen LogP contribution is -2.22. The highest BCUT2D eigenvalue weighted by molar-refractivity contribution is 5.99. The highest BCUT2D eigenvalue weighted by Gasteiger charge is 2.16. The van der Waals surface area contributed by atoms with Gasteiger partial charge < -0.3 is 19.5 Å². The third-order valence-corrected chi connectivity index (χ3v) is 3.13. The lowest BCUT2D eigenvalue weighted by molar-refractivity contribution is -0.115. The SMILES string of the molecule is COc1ccc(NC(=O)Cc2cc(C)no2)cc1C(=O)N(C)C. The molecule has 0 bridgehead atoms. The first kappa shape index (κ1) is 16.5. The molecule has 122 valence electrons. The summed E-state index contributed by atoms with van der Waals surface area (Å²) in [4.78, 5) is 25.6. The van der Waals surface area contributed by atoms with Crippen LogP contribution in [-0.4, -0.2) is 43.1 Å². The van der Waals surface area contributed by atoms with Crippen molar-refractivity contribution >= 4 is 17.5 Å². The highest BCUT2D eigenvalue weighted by Crippen LogP contribution is 2.24. The van der Waals surface area contributed by atoms with Crippen LogP contribution in [0.5, 0.6) is 5.75 Å². The van der Waals surface area contributed by atoms with E-state index in [0.717, 1.165) is 5.69 Å². The molecule has 0 fully saturated rings. The summed E-state index contributed by atoms with van der Waals surface area (Å²) in [5.74, 6) is 0.476. The van der Waals surface area contributed by atoms with E-state index < -0.39 is 0 Å². The Kier molecular flexibility index (Phi) is 5.00. The first-order valence-corrected chi connectivity index (χ1v) is 7.02. The standard InChI is InChI=1S/C16H19N3O4/c1-10-7-12(23-18-10)9-15(20)17-11-5-6-14(22-4)13(8-11)16(21)19(2)3/h5-8H,9H2,1-4H3,(H,17,20). The first-order valence-electron chi connectivity index (χ1n) is 7.02. The summed E-state index contributed by atoms with van der Waals surface area (Å²) in [6.45, 7) is 1.79. The van der Waals surface area contributed by atoms with E-state index in [9.17, 15) is 9.59 Å². The number of hydrogen-bond donors (Lipinski definition) is 1. The van der Waals surface area contributed by atoms with Crippen molar-refractivity contribution in [1.29, 1.82) is 0 Å². The zero-order valence-electron chi connectivity index (χ0n) is 13.5. The van der Waals surface area contributed by atoms with E-state index in [1.165, 1.54) is 12.0 Å². The van der Waals surface area contributed by atoms with Crippen LogP contribution in [0.3, 0.4) is 0 Å². The Morgan fingerprint density at radius 1 is 1.30 bits per heavy atom. The van der Waals surface area contributed by atoms with Gasteiger partial charge in [0.05, 0.1) is 24.8 Å². The predicted octanol–water partition coefficient (Wildman–Crippen LogP) is 1.87. The van der Waals surface area contributed by atoms with Crippen LogP contribution in [0.25, 0.3) is 0 Å². The molecule has 0 aliphatic heterocycles. The lowest BCUT2D eigenvalue weighted by Gasteiger charge is -2.15. The molecule has 7 nitrogen and oxygen atoms in total. The average Bonchev–Trinajstić information content (AvgIpc) is 2.91. The van der Waals surface area contributed by atoms with Crippen molar-refractivity contribution in [3.05, 3.63) is 41.3 Å². The number of methoxy groups -OCH3 is 1. The molecule has 0 aliphatic rings. The summed E-state index contributed by atoms with van der Waals surface area (Å²) >= 11 is 0. The Bertz CT molecular complexity index is 722. The second kappa shape index (κ2) is 6.95. The molecule has 7 heteroatoms. The molecule has 1 aromatic carbocycles. The van der Waals surface area contributed by atoms with Crippen molar-refractivity contribution in [2.24, 2.45) is 0 Å². The number of aromatic nitrogens is 1. The van der Waals surface area contributed by atoms with Gasteiger partial charge in [0.15, 0.2) is 0 Å². The number of carbonyl (C=O) groups excluding carboxylic acids is 2. The third-order valence-electron chi connectivity index (χ3n) is 3.13. The monoisotopic (exact) mass is 317 g/mol. The molecule has 0 atom stereocenters. The number of carbonyl (C=O) groups is 2. The normalized spacial score (nSPS) is 10.3. The van der Waals surface area contributed by atoms with E-state index >= 15 is 0 Å². The van der Waals surface area contributed by atoms with Crippen LogP contribution in [0, 0.1) is 6.92 Å². The summed E-state index contributed by atoms with van der Waals surface area (Å²) in [7, 11) is 4.80. The number of aryl methyl sites for hydroxylation is 1. The summed E-state index contributed by atoms with van der Waals surface area (Å²) in [5.41, 5.74) is 1.61. The van der Waals surface area contributed by atoms with Crippen LogP contribution in [0.4, 0.5) is 5.69 Å². The average molecular weight is 317 g/mol. The fourth-order valence-electron chi connectivity index (χ4n) is 2.06. The number of rotatable bonds is 5. The minimum absolute atomic E-state index is 0.0732. The summed E-state index contributed by atoms with van der Waals surface area (Å²) in [5, 5.41) is 6.47. The molecule has 0 aliphatic carbocycles. The number of anilines is 1. The highest BCUT2D eigenvalue weighted by atomic mass is 16.5. The Labute approximate surface area is 134 Å². The maximum absolute atomic E-state index is 12.2. The molecule has 0 saturated heterocycles. The van der Waals surface area contributed by atoms with Crippen LogP contribution in [-0.2, 0) is 11.2 Å². The molecule has 23 heavy (non-hydrogen) atoms. The van der Waals surface area contributed by atoms with Crippen LogP contribution in [0.1, 0.15) is 21.8 Å². The number of hydrogen-bond acceptors (Lipinski definition) is 5. The number of nitrogens with zero attached hydrogens (tertiary/aromatic N) is 2. The van der Waals surface area contributed by atoms with Gasteiger partial charge in [0, 0.05) is 25.8 Å². The molecular formula is C16H19N3O4. The Morgan fingerprint density at radius 2 is 2.04 bits per heavy atom. The van der Waals surface area contributed by atoms with E-state index in [1.807, 2.05) is 0 Å². The summed E-state index contributed by atoms with van der Waals surface area (Å²) in [6, 6.07) is 6.61. The van der Waals surface area contributed by atoms with Crippen molar-refractivity contribution in [3.8, 4) is 5.75 Å². The minimum atomic E-state index is -0.255. The number of nitrogens with one attached hydrogen (secondary N) is 1. The Balaban J connectivity index is 2.15. The van der Waals surface area contributed by atoms with E-state index in [1.54, 1.807) is 45.3 Å².